The van der Waals surface area contributed by atoms with E-state index in [0.29, 0.717) is 12.2 Å². The molecule has 0 radical (unpaired) electrons. The van der Waals surface area contributed by atoms with E-state index in [2.05, 4.69) is 0 Å². The van der Waals surface area contributed by atoms with Gasteiger partial charge in [-0.15, -0.1) is 0 Å². The molecule has 6 heteroatoms. The fourth-order valence-electron chi connectivity index (χ4n) is 2.05. The van der Waals surface area contributed by atoms with Crippen molar-refractivity contribution in [3.8, 4) is 0 Å². The molecule has 0 heterocycles. The van der Waals surface area contributed by atoms with Crippen LogP contribution < -0.4 is 5.73 Å². The number of nitrogen functional groups attached to an aromatic ring is 1. The summed E-state index contributed by atoms with van der Waals surface area (Å²) in [6.07, 6.45) is 0. The van der Waals surface area contributed by atoms with Crippen molar-refractivity contribution in [1.29, 1.82) is 0 Å². The van der Waals surface area contributed by atoms with Crippen molar-refractivity contribution in [2.24, 2.45) is 0 Å². The minimum Gasteiger partial charge on any atom is -0.399 e. The van der Waals surface area contributed by atoms with Crippen molar-refractivity contribution in [2.75, 3.05) is 12.3 Å². The van der Waals surface area contributed by atoms with Crippen LogP contribution in [-0.4, -0.2) is 19.3 Å². The molecule has 21 heavy (non-hydrogen) atoms. The van der Waals surface area contributed by atoms with Crippen LogP contribution in [0.3, 0.4) is 0 Å². The second-order valence-electron chi connectivity index (χ2n) is 4.61. The van der Waals surface area contributed by atoms with E-state index >= 15 is 0 Å². The number of anilines is 1. The molecule has 0 aliphatic heterocycles. The third-order valence-corrected chi connectivity index (χ3v) is 5.54. The first-order valence-corrected chi connectivity index (χ1v) is 8.36. The van der Waals surface area contributed by atoms with Gasteiger partial charge in [0, 0.05) is 18.8 Å². The van der Waals surface area contributed by atoms with Crippen LogP contribution in [0.2, 0.25) is 5.02 Å². The van der Waals surface area contributed by atoms with E-state index in [1.807, 2.05) is 6.07 Å². The monoisotopic (exact) mass is 324 g/mol. The Kier molecular flexibility index (Phi) is 4.88. The first kappa shape index (κ1) is 15.8. The molecule has 0 aromatic heterocycles. The Hall–Kier alpha value is -1.56. The van der Waals surface area contributed by atoms with Gasteiger partial charge in [0.25, 0.3) is 0 Å². The van der Waals surface area contributed by atoms with Crippen LogP contribution in [0, 0.1) is 0 Å². The van der Waals surface area contributed by atoms with Gasteiger partial charge in [0.2, 0.25) is 10.0 Å². The average molecular weight is 325 g/mol. The molecule has 0 aliphatic carbocycles. The number of nitrogens with two attached hydrogens (primary N) is 1. The lowest BCUT2D eigenvalue weighted by molar-refractivity contribution is 0.423. The lowest BCUT2D eigenvalue weighted by Crippen LogP contribution is -2.30. The molecule has 0 saturated carbocycles. The summed E-state index contributed by atoms with van der Waals surface area (Å²) >= 11 is 6.01. The number of sulfonamides is 1. The highest BCUT2D eigenvalue weighted by molar-refractivity contribution is 7.89. The van der Waals surface area contributed by atoms with E-state index in [4.69, 9.17) is 17.3 Å². The molecular weight excluding hydrogens is 308 g/mol. The van der Waals surface area contributed by atoms with Crippen LogP contribution in [-0.2, 0) is 16.6 Å². The molecule has 0 atom stereocenters. The van der Waals surface area contributed by atoms with E-state index in [-0.39, 0.29) is 16.5 Å². The minimum absolute atomic E-state index is 0.123. The van der Waals surface area contributed by atoms with Gasteiger partial charge in [-0.1, -0.05) is 42.8 Å². The third kappa shape index (κ3) is 3.56. The Labute approximate surface area is 130 Å². The summed E-state index contributed by atoms with van der Waals surface area (Å²) in [6, 6.07) is 13.6. The molecule has 0 saturated heterocycles. The Morgan fingerprint density at radius 3 is 2.48 bits per heavy atom. The average Bonchev–Trinajstić information content (AvgIpc) is 2.45. The number of hydrogen-bond acceptors (Lipinski definition) is 3. The zero-order chi connectivity index (χ0) is 15.5. The fraction of sp³-hybridized carbons (Fsp3) is 0.200. The van der Waals surface area contributed by atoms with Crippen LogP contribution in [0.15, 0.2) is 53.4 Å². The number of rotatable bonds is 5. The maximum Gasteiger partial charge on any atom is 0.244 e. The number of halogens is 1. The number of nitrogens with zero attached hydrogens (tertiary/aromatic N) is 1. The first-order valence-electron chi connectivity index (χ1n) is 6.54. The summed E-state index contributed by atoms with van der Waals surface area (Å²) in [5.41, 5.74) is 7.18. The maximum atomic E-state index is 12.7. The van der Waals surface area contributed by atoms with Crippen molar-refractivity contribution < 1.29 is 8.42 Å². The molecule has 0 fully saturated rings. The van der Waals surface area contributed by atoms with E-state index in [1.54, 1.807) is 43.3 Å². The largest absolute Gasteiger partial charge is 0.399 e. The molecule has 2 rings (SSSR count). The summed E-state index contributed by atoms with van der Waals surface area (Å²) in [5.74, 6) is 0. The van der Waals surface area contributed by atoms with Crippen molar-refractivity contribution in [2.45, 2.75) is 18.4 Å². The molecule has 2 aromatic carbocycles. The van der Waals surface area contributed by atoms with Crippen LogP contribution in [0.1, 0.15) is 12.5 Å². The molecule has 2 N–H and O–H groups in total. The van der Waals surface area contributed by atoms with Gasteiger partial charge in [0.15, 0.2) is 0 Å². The molecule has 0 unspecified atom stereocenters. The first-order chi connectivity index (χ1) is 9.95. The van der Waals surface area contributed by atoms with Crippen molar-refractivity contribution in [3.63, 3.8) is 0 Å². The van der Waals surface area contributed by atoms with Gasteiger partial charge >= 0.3 is 0 Å². The standard InChI is InChI=1S/C15H17ClN2O2S/c1-2-18(11-12-6-5-7-13(17)10-12)21(19,20)15-9-4-3-8-14(15)16/h3-10H,2,11,17H2,1H3. The summed E-state index contributed by atoms with van der Waals surface area (Å²) in [7, 11) is -3.63. The predicted molar refractivity (Wildman–Crippen MR) is 85.6 cm³/mol. The third-order valence-electron chi connectivity index (χ3n) is 3.12. The van der Waals surface area contributed by atoms with E-state index in [9.17, 15) is 8.42 Å². The predicted octanol–water partition coefficient (Wildman–Crippen LogP) is 3.13. The van der Waals surface area contributed by atoms with Gasteiger partial charge in [-0.25, -0.2) is 8.42 Å². The molecule has 2 aromatic rings. The fourth-order valence-corrected chi connectivity index (χ4v) is 3.99. The SMILES string of the molecule is CCN(Cc1cccc(N)c1)S(=O)(=O)c1ccccc1Cl. The van der Waals surface area contributed by atoms with Crippen LogP contribution in [0.25, 0.3) is 0 Å². The van der Waals surface area contributed by atoms with Crippen LogP contribution in [0.4, 0.5) is 5.69 Å². The molecule has 0 aliphatic rings. The van der Waals surface area contributed by atoms with Crippen molar-refractivity contribution >= 4 is 27.3 Å². The van der Waals surface area contributed by atoms with Crippen molar-refractivity contribution in [1.82, 2.24) is 4.31 Å². The summed E-state index contributed by atoms with van der Waals surface area (Å²) in [6.45, 7) is 2.40. The number of hydrogen-bond donors (Lipinski definition) is 1. The molecule has 0 amide bonds. The highest BCUT2D eigenvalue weighted by atomic mass is 35.5. The van der Waals surface area contributed by atoms with Gasteiger partial charge in [0.1, 0.15) is 4.90 Å². The van der Waals surface area contributed by atoms with Gasteiger partial charge < -0.3 is 5.73 Å². The number of benzene rings is 2. The van der Waals surface area contributed by atoms with Crippen LogP contribution in [0.5, 0.6) is 0 Å². The van der Waals surface area contributed by atoms with Gasteiger partial charge in [-0.2, -0.15) is 4.31 Å². The maximum absolute atomic E-state index is 12.7. The Balaban J connectivity index is 2.35. The summed E-state index contributed by atoms with van der Waals surface area (Å²) in [4.78, 5) is 0.123. The topological polar surface area (TPSA) is 63.4 Å². The van der Waals surface area contributed by atoms with Gasteiger partial charge in [-0.05, 0) is 29.8 Å². The lowest BCUT2D eigenvalue weighted by atomic mass is 10.2. The minimum atomic E-state index is -3.63. The molecule has 0 bridgehead atoms. The Bertz CT molecular complexity index is 732. The van der Waals surface area contributed by atoms with Crippen molar-refractivity contribution in [3.05, 3.63) is 59.1 Å². The van der Waals surface area contributed by atoms with Gasteiger partial charge in [-0.3, -0.25) is 0 Å². The highest BCUT2D eigenvalue weighted by Crippen LogP contribution is 2.25. The molecular formula is C15H17ClN2O2S. The Morgan fingerprint density at radius 1 is 1.14 bits per heavy atom. The zero-order valence-corrected chi connectivity index (χ0v) is 13.2. The van der Waals surface area contributed by atoms with E-state index in [0.717, 1.165) is 5.56 Å². The molecule has 0 spiro atoms. The summed E-state index contributed by atoms with van der Waals surface area (Å²) in [5, 5.41) is 0.225. The van der Waals surface area contributed by atoms with E-state index < -0.39 is 10.0 Å². The molecule has 4 nitrogen and oxygen atoms in total. The second kappa shape index (κ2) is 6.47. The normalized spacial score (nSPS) is 11.8. The second-order valence-corrected chi connectivity index (χ2v) is 6.92. The lowest BCUT2D eigenvalue weighted by Gasteiger charge is -2.21. The van der Waals surface area contributed by atoms with Gasteiger partial charge in [0.05, 0.1) is 5.02 Å². The zero-order valence-electron chi connectivity index (χ0n) is 11.7. The van der Waals surface area contributed by atoms with Crippen LogP contribution >= 0.6 is 11.6 Å². The quantitative estimate of drug-likeness (QED) is 0.859. The summed E-state index contributed by atoms with van der Waals surface area (Å²) < 4.78 is 26.7. The smallest absolute Gasteiger partial charge is 0.244 e. The molecule has 112 valence electrons. The highest BCUT2D eigenvalue weighted by Gasteiger charge is 2.25. The van der Waals surface area contributed by atoms with E-state index in [1.165, 1.54) is 10.4 Å². The Morgan fingerprint density at radius 2 is 1.86 bits per heavy atom.